The van der Waals surface area contributed by atoms with Crippen molar-refractivity contribution in [3.05, 3.63) is 220 Å². The lowest BCUT2D eigenvalue weighted by molar-refractivity contribution is 0.332. The van der Waals surface area contributed by atoms with E-state index in [0.29, 0.717) is 0 Å². The van der Waals surface area contributed by atoms with E-state index >= 15 is 0 Å². The Labute approximate surface area is 399 Å². The van der Waals surface area contributed by atoms with Crippen LogP contribution in [0.15, 0.2) is 170 Å². The van der Waals surface area contributed by atoms with E-state index in [1.165, 1.54) is 125 Å². The maximum absolute atomic E-state index is 2.64. The molecule has 332 valence electrons. The Balaban J connectivity index is 1.21. The second-order valence-electron chi connectivity index (χ2n) is 23.0. The van der Waals surface area contributed by atoms with Crippen LogP contribution in [0.2, 0.25) is 0 Å². The summed E-state index contributed by atoms with van der Waals surface area (Å²) in [6.45, 7) is 22.0. The van der Waals surface area contributed by atoms with Crippen molar-refractivity contribution in [2.24, 2.45) is 0 Å². The van der Waals surface area contributed by atoms with E-state index < -0.39 is 5.41 Å². The van der Waals surface area contributed by atoms with Crippen LogP contribution in [0.4, 0.5) is 17.1 Å². The molecule has 0 radical (unpaired) electrons. The molecule has 0 N–H and O–H groups in total. The summed E-state index contributed by atoms with van der Waals surface area (Å²) >= 11 is 0. The van der Waals surface area contributed by atoms with Gasteiger partial charge in [0.2, 0.25) is 0 Å². The number of anilines is 3. The molecule has 8 aromatic carbocycles. The largest absolute Gasteiger partial charge is 0.310 e. The van der Waals surface area contributed by atoms with E-state index in [0.717, 1.165) is 12.1 Å². The molecule has 0 bridgehead atoms. The fraction of sp³-hybridized carbons (Fsp3) is 0.273. The summed E-state index contributed by atoms with van der Waals surface area (Å²) in [5, 5.41) is 0. The van der Waals surface area contributed by atoms with Crippen LogP contribution in [-0.2, 0) is 27.1 Å². The minimum absolute atomic E-state index is 0.0426. The Morgan fingerprint density at radius 3 is 1.33 bits per heavy atom. The standard InChI is InChI=1S/C66H63N/c1-42-37-58-60(65(8,9)36-35-63(58,4)5)40-50(42)52-39-51-49-23-15-18-26-55(49)66(53-24-16-13-21-47(53)48-22-14-17-25-54(48)66)57(51)41-61(52)67(45-29-27-44(28-30-45)43-19-11-10-12-20-43)46-31-32-56-59(38-46)64(6,7)34-33-62(56,2)3/h10-32,37-41H,33-36H2,1-9H3. The first-order valence-electron chi connectivity index (χ1n) is 24.8. The molecule has 0 unspecified atom stereocenters. The van der Waals surface area contributed by atoms with Gasteiger partial charge in [0, 0.05) is 16.9 Å². The number of fused-ring (bicyclic) bond motifs is 12. The molecule has 0 heterocycles. The predicted molar refractivity (Wildman–Crippen MR) is 284 cm³/mol. The average Bonchev–Trinajstić information content (AvgIpc) is 3.79. The summed E-state index contributed by atoms with van der Waals surface area (Å²) in [6.07, 6.45) is 4.70. The lowest BCUT2D eigenvalue weighted by atomic mass is 9.62. The zero-order valence-electron chi connectivity index (χ0n) is 40.9. The number of hydrogen-bond donors (Lipinski definition) is 0. The Kier molecular flexibility index (Phi) is 9.10. The van der Waals surface area contributed by atoms with Crippen LogP contribution in [-0.4, -0.2) is 0 Å². The van der Waals surface area contributed by atoms with Crippen molar-refractivity contribution in [3.8, 4) is 44.5 Å². The third-order valence-electron chi connectivity index (χ3n) is 17.2. The zero-order chi connectivity index (χ0) is 46.3. The van der Waals surface area contributed by atoms with Gasteiger partial charge in [-0.05, 0) is 186 Å². The highest BCUT2D eigenvalue weighted by Crippen LogP contribution is 2.64. The van der Waals surface area contributed by atoms with Crippen LogP contribution in [0, 0.1) is 6.92 Å². The average molecular weight is 870 g/mol. The maximum atomic E-state index is 2.64. The van der Waals surface area contributed by atoms with E-state index in [-0.39, 0.29) is 21.7 Å². The number of aryl methyl sites for hydroxylation is 1. The third-order valence-corrected chi connectivity index (χ3v) is 17.2. The maximum Gasteiger partial charge on any atom is 0.0726 e. The van der Waals surface area contributed by atoms with Gasteiger partial charge in [-0.3, -0.25) is 0 Å². The van der Waals surface area contributed by atoms with E-state index in [4.69, 9.17) is 0 Å². The van der Waals surface area contributed by atoms with Crippen LogP contribution < -0.4 is 4.90 Å². The van der Waals surface area contributed by atoms with Crippen LogP contribution in [0.3, 0.4) is 0 Å². The molecular weight excluding hydrogens is 807 g/mol. The quantitative estimate of drug-likeness (QED) is 0.167. The molecule has 0 aromatic heterocycles. The molecule has 4 aliphatic rings. The van der Waals surface area contributed by atoms with Crippen LogP contribution in [0.1, 0.15) is 131 Å². The monoisotopic (exact) mass is 869 g/mol. The lowest BCUT2D eigenvalue weighted by Crippen LogP contribution is -2.34. The molecule has 67 heavy (non-hydrogen) atoms. The van der Waals surface area contributed by atoms with Crippen molar-refractivity contribution in [1.82, 2.24) is 0 Å². The summed E-state index contributed by atoms with van der Waals surface area (Å²) in [5.74, 6) is 0. The van der Waals surface area contributed by atoms with Crippen molar-refractivity contribution in [2.45, 2.75) is 115 Å². The third kappa shape index (κ3) is 6.12. The Bertz CT molecular complexity index is 3260. The highest BCUT2D eigenvalue weighted by molar-refractivity contribution is 6.00. The first-order chi connectivity index (χ1) is 32.1. The van der Waals surface area contributed by atoms with E-state index in [9.17, 15) is 0 Å². The van der Waals surface area contributed by atoms with Gasteiger partial charge in [0.05, 0.1) is 11.1 Å². The minimum Gasteiger partial charge on any atom is -0.310 e. The summed E-state index contributed by atoms with van der Waals surface area (Å²) in [5.41, 5.74) is 26.5. The summed E-state index contributed by atoms with van der Waals surface area (Å²) in [4.78, 5) is 2.62. The van der Waals surface area contributed by atoms with Gasteiger partial charge in [-0.15, -0.1) is 0 Å². The number of nitrogens with zero attached hydrogens (tertiary/aromatic N) is 1. The highest BCUT2D eigenvalue weighted by atomic mass is 15.1. The first-order valence-corrected chi connectivity index (χ1v) is 24.8. The summed E-state index contributed by atoms with van der Waals surface area (Å²) in [6, 6.07) is 65.8. The van der Waals surface area contributed by atoms with Crippen molar-refractivity contribution < 1.29 is 0 Å². The van der Waals surface area contributed by atoms with Gasteiger partial charge in [0.25, 0.3) is 0 Å². The molecule has 1 heteroatoms. The van der Waals surface area contributed by atoms with E-state index in [1.807, 2.05) is 0 Å². The topological polar surface area (TPSA) is 3.24 Å². The van der Waals surface area contributed by atoms with Crippen LogP contribution in [0.5, 0.6) is 0 Å². The normalized spacial score (nSPS) is 18.0. The Morgan fingerprint density at radius 1 is 0.313 bits per heavy atom. The molecule has 0 saturated carbocycles. The van der Waals surface area contributed by atoms with Gasteiger partial charge < -0.3 is 4.90 Å². The van der Waals surface area contributed by atoms with Gasteiger partial charge in [-0.1, -0.05) is 183 Å². The summed E-state index contributed by atoms with van der Waals surface area (Å²) in [7, 11) is 0. The lowest BCUT2D eigenvalue weighted by Gasteiger charge is -2.43. The van der Waals surface area contributed by atoms with Gasteiger partial charge in [-0.2, -0.15) is 0 Å². The van der Waals surface area contributed by atoms with Gasteiger partial charge >= 0.3 is 0 Å². The molecule has 0 fully saturated rings. The molecular formula is C66H63N. The Morgan fingerprint density at radius 2 is 0.761 bits per heavy atom. The predicted octanol–water partition coefficient (Wildman–Crippen LogP) is 17.8. The molecule has 4 aliphatic carbocycles. The van der Waals surface area contributed by atoms with Gasteiger partial charge in [0.1, 0.15) is 0 Å². The molecule has 1 nitrogen and oxygen atoms in total. The molecule has 1 spiro atoms. The molecule has 0 amide bonds. The van der Waals surface area contributed by atoms with Crippen LogP contribution >= 0.6 is 0 Å². The fourth-order valence-corrected chi connectivity index (χ4v) is 13.1. The first kappa shape index (κ1) is 42.0. The second kappa shape index (κ2) is 14.5. The molecule has 0 atom stereocenters. The van der Waals surface area contributed by atoms with Crippen molar-refractivity contribution in [2.75, 3.05) is 4.90 Å². The zero-order valence-corrected chi connectivity index (χ0v) is 40.9. The smallest absolute Gasteiger partial charge is 0.0726 e. The van der Waals surface area contributed by atoms with E-state index in [1.54, 1.807) is 0 Å². The SMILES string of the molecule is Cc1cc2c(cc1-c1cc3c(cc1N(c1ccc(-c4ccccc4)cc1)c1ccc4c(c1)C(C)(C)CCC4(C)C)C1(c4ccccc4-c4ccccc41)c1ccccc1-3)C(C)(C)CCC2(C)C. The summed E-state index contributed by atoms with van der Waals surface area (Å²) < 4.78 is 0. The molecule has 0 aliphatic heterocycles. The molecule has 8 aromatic rings. The highest BCUT2D eigenvalue weighted by Gasteiger charge is 2.52. The molecule has 12 rings (SSSR count). The fourth-order valence-electron chi connectivity index (χ4n) is 13.1. The van der Waals surface area contributed by atoms with E-state index in [2.05, 4.69) is 237 Å². The van der Waals surface area contributed by atoms with Crippen molar-refractivity contribution in [1.29, 1.82) is 0 Å². The Hall–Kier alpha value is -6.44. The number of benzene rings is 8. The van der Waals surface area contributed by atoms with Gasteiger partial charge in [-0.25, -0.2) is 0 Å². The number of rotatable bonds is 5. The van der Waals surface area contributed by atoms with Gasteiger partial charge in [0.15, 0.2) is 0 Å². The molecule has 0 saturated heterocycles. The van der Waals surface area contributed by atoms with Crippen molar-refractivity contribution in [3.63, 3.8) is 0 Å². The minimum atomic E-state index is -0.478. The second-order valence-corrected chi connectivity index (χ2v) is 23.0. The van der Waals surface area contributed by atoms with Crippen LogP contribution in [0.25, 0.3) is 44.5 Å². The number of hydrogen-bond acceptors (Lipinski definition) is 1. The van der Waals surface area contributed by atoms with Crippen molar-refractivity contribution >= 4 is 17.1 Å².